The Morgan fingerprint density at radius 3 is 2.57 bits per heavy atom. The van der Waals surface area contributed by atoms with E-state index in [9.17, 15) is 8.42 Å². The standard InChI is InChI=1S/C14H17ClN2O2S2/c1-9-5-4-6-11(15)13(9)17-21(18,19)14-10(2)8-20-12(14)7-16-3/h4-6,8,16-17H,7H2,1-3H3. The Bertz CT molecular complexity index is 734. The summed E-state index contributed by atoms with van der Waals surface area (Å²) in [6.07, 6.45) is 0. The molecule has 0 aliphatic carbocycles. The van der Waals surface area contributed by atoms with E-state index in [0.717, 1.165) is 16.0 Å². The lowest BCUT2D eigenvalue weighted by Crippen LogP contribution is -2.17. The number of nitrogens with one attached hydrogen (secondary N) is 2. The molecule has 0 atom stereocenters. The van der Waals surface area contributed by atoms with Gasteiger partial charge in [-0.25, -0.2) is 8.42 Å². The van der Waals surface area contributed by atoms with E-state index in [1.807, 2.05) is 18.4 Å². The number of rotatable bonds is 5. The number of para-hydroxylation sites is 1. The summed E-state index contributed by atoms with van der Waals surface area (Å²) < 4.78 is 28.0. The third-order valence-electron chi connectivity index (χ3n) is 3.05. The molecule has 2 rings (SSSR count). The van der Waals surface area contributed by atoms with Crippen molar-refractivity contribution in [2.24, 2.45) is 0 Å². The summed E-state index contributed by atoms with van der Waals surface area (Å²) in [4.78, 5) is 1.12. The average molecular weight is 345 g/mol. The van der Waals surface area contributed by atoms with Crippen molar-refractivity contribution in [2.75, 3.05) is 11.8 Å². The number of anilines is 1. The van der Waals surface area contributed by atoms with Gasteiger partial charge < -0.3 is 5.32 Å². The maximum absolute atomic E-state index is 12.7. The normalized spacial score (nSPS) is 11.6. The van der Waals surface area contributed by atoms with Crippen LogP contribution in [0.5, 0.6) is 0 Å². The van der Waals surface area contributed by atoms with Crippen LogP contribution in [-0.2, 0) is 16.6 Å². The predicted molar refractivity (Wildman–Crippen MR) is 88.8 cm³/mol. The van der Waals surface area contributed by atoms with Crippen molar-refractivity contribution in [3.63, 3.8) is 0 Å². The van der Waals surface area contributed by atoms with Crippen LogP contribution in [0.3, 0.4) is 0 Å². The molecule has 1 aromatic carbocycles. The first-order valence-corrected chi connectivity index (χ1v) is 9.10. The molecular formula is C14H17ClN2O2S2. The van der Waals surface area contributed by atoms with Crippen molar-refractivity contribution in [3.8, 4) is 0 Å². The molecule has 0 saturated carbocycles. The van der Waals surface area contributed by atoms with Crippen LogP contribution in [0.25, 0.3) is 0 Å². The molecule has 0 saturated heterocycles. The molecular weight excluding hydrogens is 328 g/mol. The average Bonchev–Trinajstić information content (AvgIpc) is 2.77. The van der Waals surface area contributed by atoms with E-state index in [0.29, 0.717) is 22.2 Å². The highest BCUT2D eigenvalue weighted by Crippen LogP contribution is 2.32. The molecule has 2 aromatic rings. The maximum Gasteiger partial charge on any atom is 0.263 e. The molecule has 2 N–H and O–H groups in total. The van der Waals surface area contributed by atoms with Gasteiger partial charge in [-0.3, -0.25) is 4.72 Å². The fourth-order valence-electron chi connectivity index (χ4n) is 2.08. The molecule has 1 heterocycles. The number of sulfonamides is 1. The zero-order valence-corrected chi connectivity index (χ0v) is 14.4. The molecule has 0 spiro atoms. The maximum atomic E-state index is 12.7. The van der Waals surface area contributed by atoms with Gasteiger partial charge >= 0.3 is 0 Å². The highest BCUT2D eigenvalue weighted by molar-refractivity contribution is 7.93. The van der Waals surface area contributed by atoms with Gasteiger partial charge in [0.15, 0.2) is 0 Å². The van der Waals surface area contributed by atoms with Gasteiger partial charge in [0.05, 0.1) is 10.7 Å². The molecule has 0 unspecified atom stereocenters. The van der Waals surface area contributed by atoms with E-state index < -0.39 is 10.0 Å². The lowest BCUT2D eigenvalue weighted by Gasteiger charge is -2.13. The highest BCUT2D eigenvalue weighted by Gasteiger charge is 2.24. The summed E-state index contributed by atoms with van der Waals surface area (Å²) >= 11 is 7.53. The molecule has 4 nitrogen and oxygen atoms in total. The molecule has 1 aromatic heterocycles. The third-order valence-corrected chi connectivity index (χ3v) is 6.18. The quantitative estimate of drug-likeness (QED) is 0.872. The Kier molecular flexibility index (Phi) is 4.93. The second kappa shape index (κ2) is 6.36. The molecule has 0 aliphatic rings. The van der Waals surface area contributed by atoms with Gasteiger partial charge in [0.1, 0.15) is 4.90 Å². The number of hydrogen-bond donors (Lipinski definition) is 2. The van der Waals surface area contributed by atoms with Crippen LogP contribution >= 0.6 is 22.9 Å². The van der Waals surface area contributed by atoms with E-state index in [-0.39, 0.29) is 0 Å². The number of benzene rings is 1. The topological polar surface area (TPSA) is 58.2 Å². The summed E-state index contributed by atoms with van der Waals surface area (Å²) in [6.45, 7) is 4.12. The minimum Gasteiger partial charge on any atom is -0.315 e. The molecule has 7 heteroatoms. The monoisotopic (exact) mass is 344 g/mol. The van der Waals surface area contributed by atoms with Crippen molar-refractivity contribution in [1.29, 1.82) is 0 Å². The van der Waals surface area contributed by atoms with E-state index in [1.165, 1.54) is 11.3 Å². The first-order chi connectivity index (χ1) is 9.86. The van der Waals surface area contributed by atoms with Crippen molar-refractivity contribution in [2.45, 2.75) is 25.3 Å². The van der Waals surface area contributed by atoms with E-state index >= 15 is 0 Å². The Hall–Kier alpha value is -1.08. The van der Waals surface area contributed by atoms with Crippen LogP contribution < -0.4 is 10.0 Å². The largest absolute Gasteiger partial charge is 0.315 e. The number of aryl methyl sites for hydroxylation is 2. The minimum absolute atomic E-state index is 0.334. The second-order valence-corrected chi connectivity index (χ2v) is 7.73. The van der Waals surface area contributed by atoms with Crippen LogP contribution in [0, 0.1) is 13.8 Å². The first-order valence-electron chi connectivity index (χ1n) is 6.36. The lowest BCUT2D eigenvalue weighted by molar-refractivity contribution is 0.599. The summed E-state index contributed by atoms with van der Waals surface area (Å²) in [5, 5.41) is 5.23. The van der Waals surface area contributed by atoms with E-state index in [2.05, 4.69) is 10.0 Å². The minimum atomic E-state index is -3.66. The fraction of sp³-hybridized carbons (Fsp3) is 0.286. The van der Waals surface area contributed by atoms with Crippen LogP contribution in [0.4, 0.5) is 5.69 Å². The van der Waals surface area contributed by atoms with Crippen LogP contribution in [0.1, 0.15) is 16.0 Å². The van der Waals surface area contributed by atoms with Crippen LogP contribution in [0.2, 0.25) is 5.02 Å². The smallest absolute Gasteiger partial charge is 0.263 e. The number of hydrogen-bond acceptors (Lipinski definition) is 4. The van der Waals surface area contributed by atoms with E-state index in [1.54, 1.807) is 26.1 Å². The lowest BCUT2D eigenvalue weighted by atomic mass is 10.2. The molecule has 0 bridgehead atoms. The van der Waals surface area contributed by atoms with Gasteiger partial charge in [-0.2, -0.15) is 0 Å². The zero-order chi connectivity index (χ0) is 15.6. The summed E-state index contributed by atoms with van der Waals surface area (Å²) in [5.41, 5.74) is 1.96. The molecule has 21 heavy (non-hydrogen) atoms. The first kappa shape index (κ1) is 16.3. The van der Waals surface area contributed by atoms with Gasteiger partial charge in [0.25, 0.3) is 10.0 Å². The van der Waals surface area contributed by atoms with Gasteiger partial charge in [-0.15, -0.1) is 11.3 Å². The predicted octanol–water partition coefficient (Wildman–Crippen LogP) is 3.54. The Labute approximate surface area is 134 Å². The van der Waals surface area contributed by atoms with Crippen molar-refractivity contribution < 1.29 is 8.42 Å². The van der Waals surface area contributed by atoms with Gasteiger partial charge in [0.2, 0.25) is 0 Å². The van der Waals surface area contributed by atoms with E-state index in [4.69, 9.17) is 11.6 Å². The number of thiophene rings is 1. The summed E-state index contributed by atoms with van der Waals surface area (Å²) in [5.74, 6) is 0. The SMILES string of the molecule is CNCc1scc(C)c1S(=O)(=O)Nc1c(C)cccc1Cl. The Morgan fingerprint density at radius 1 is 1.24 bits per heavy atom. The van der Waals surface area contributed by atoms with Crippen molar-refractivity contribution >= 4 is 38.6 Å². The number of halogens is 1. The molecule has 0 aliphatic heterocycles. The summed E-state index contributed by atoms with van der Waals surface area (Å²) in [7, 11) is -1.87. The Morgan fingerprint density at radius 2 is 1.95 bits per heavy atom. The fourth-order valence-corrected chi connectivity index (χ4v) is 5.38. The zero-order valence-electron chi connectivity index (χ0n) is 12.0. The third kappa shape index (κ3) is 3.40. The van der Waals surface area contributed by atoms with Gasteiger partial charge in [-0.05, 0) is 43.5 Å². The molecule has 0 radical (unpaired) electrons. The highest BCUT2D eigenvalue weighted by atomic mass is 35.5. The molecule has 0 fully saturated rings. The Balaban J connectivity index is 2.46. The van der Waals surface area contributed by atoms with Crippen LogP contribution in [-0.4, -0.2) is 15.5 Å². The van der Waals surface area contributed by atoms with Gasteiger partial charge in [0, 0.05) is 11.4 Å². The van der Waals surface area contributed by atoms with Gasteiger partial charge in [-0.1, -0.05) is 23.7 Å². The van der Waals surface area contributed by atoms with Crippen LogP contribution in [0.15, 0.2) is 28.5 Å². The van der Waals surface area contributed by atoms with Crippen molar-refractivity contribution in [3.05, 3.63) is 44.6 Å². The molecule has 0 amide bonds. The van der Waals surface area contributed by atoms with Crippen molar-refractivity contribution in [1.82, 2.24) is 5.32 Å². The second-order valence-electron chi connectivity index (χ2n) is 4.74. The summed E-state index contributed by atoms with van der Waals surface area (Å²) in [6, 6.07) is 5.28. The molecule has 114 valence electrons.